The van der Waals surface area contributed by atoms with Gasteiger partial charge in [0.15, 0.2) is 0 Å². The van der Waals surface area contributed by atoms with E-state index in [1.807, 2.05) is 49.3 Å². The van der Waals surface area contributed by atoms with Crippen LogP contribution in [-0.4, -0.2) is 44.5 Å². The van der Waals surface area contributed by atoms with Crippen molar-refractivity contribution in [2.45, 2.75) is 13.0 Å². The van der Waals surface area contributed by atoms with Crippen LogP contribution in [-0.2, 0) is 4.79 Å². The molecule has 1 amide bonds. The van der Waals surface area contributed by atoms with Gasteiger partial charge in [-0.25, -0.2) is 0 Å². The van der Waals surface area contributed by atoms with Crippen LogP contribution in [0.1, 0.15) is 18.5 Å². The van der Waals surface area contributed by atoms with Gasteiger partial charge in [-0.15, -0.1) is 24.8 Å². The van der Waals surface area contributed by atoms with Crippen LogP contribution in [0.3, 0.4) is 0 Å². The van der Waals surface area contributed by atoms with E-state index in [9.17, 15) is 4.79 Å². The Hall–Kier alpha value is -0.810. The van der Waals surface area contributed by atoms with Crippen molar-refractivity contribution in [2.75, 3.05) is 33.7 Å². The highest BCUT2D eigenvalue weighted by molar-refractivity contribution is 5.85. The number of hydrogen-bond donors (Lipinski definition) is 2. The second kappa shape index (κ2) is 12.0. The smallest absolute Gasteiger partial charge is 0.241 e. The van der Waals surface area contributed by atoms with Crippen molar-refractivity contribution in [3.05, 3.63) is 35.9 Å². The van der Waals surface area contributed by atoms with Gasteiger partial charge in [-0.3, -0.25) is 9.69 Å². The number of hydrogen-bond acceptors (Lipinski definition) is 3. The molecule has 0 spiro atoms. The average Bonchev–Trinajstić information content (AvgIpc) is 2.40. The summed E-state index contributed by atoms with van der Waals surface area (Å²) in [5.74, 6) is 0.0563. The van der Waals surface area contributed by atoms with Crippen LogP contribution in [0.4, 0.5) is 0 Å². The lowest BCUT2D eigenvalue weighted by Crippen LogP contribution is -2.40. The maximum absolute atomic E-state index is 12.2. The second-order valence-electron chi connectivity index (χ2n) is 4.28. The molecule has 0 bridgehead atoms. The fraction of sp³-hybridized carbons (Fsp3) is 0.500. The van der Waals surface area contributed by atoms with Crippen LogP contribution in [0.2, 0.25) is 0 Å². The topological polar surface area (TPSA) is 44.4 Å². The molecule has 1 aromatic carbocycles. The SMILES string of the molecule is CCN(C)C(C(=O)NCCNC)c1ccccc1.Cl.Cl. The molecule has 0 saturated heterocycles. The van der Waals surface area contributed by atoms with Crippen LogP contribution < -0.4 is 10.6 Å². The first-order chi connectivity index (χ1) is 8.70. The Bertz CT molecular complexity index is 363. The number of rotatable bonds is 7. The van der Waals surface area contributed by atoms with Gasteiger partial charge in [0.2, 0.25) is 5.91 Å². The van der Waals surface area contributed by atoms with Crippen molar-refractivity contribution < 1.29 is 4.79 Å². The second-order valence-corrected chi connectivity index (χ2v) is 4.28. The molecule has 116 valence electrons. The monoisotopic (exact) mass is 321 g/mol. The van der Waals surface area contributed by atoms with Gasteiger partial charge >= 0.3 is 0 Å². The van der Waals surface area contributed by atoms with Gasteiger partial charge in [0.1, 0.15) is 6.04 Å². The van der Waals surface area contributed by atoms with E-state index in [1.54, 1.807) is 0 Å². The van der Waals surface area contributed by atoms with Crippen molar-refractivity contribution in [3.63, 3.8) is 0 Å². The zero-order valence-electron chi connectivity index (χ0n) is 12.3. The molecule has 0 radical (unpaired) electrons. The lowest BCUT2D eigenvalue weighted by atomic mass is 10.0. The third-order valence-electron chi connectivity index (χ3n) is 2.98. The van der Waals surface area contributed by atoms with Crippen molar-refractivity contribution in [1.29, 1.82) is 0 Å². The quantitative estimate of drug-likeness (QED) is 0.753. The summed E-state index contributed by atoms with van der Waals surface area (Å²) in [6, 6.07) is 9.67. The summed E-state index contributed by atoms with van der Waals surface area (Å²) in [5.41, 5.74) is 1.03. The summed E-state index contributed by atoms with van der Waals surface area (Å²) >= 11 is 0. The molecule has 1 atom stereocenters. The fourth-order valence-electron chi connectivity index (χ4n) is 1.83. The van der Waals surface area contributed by atoms with Gasteiger partial charge in [0.25, 0.3) is 0 Å². The predicted octanol–water partition coefficient (Wildman–Crippen LogP) is 1.86. The number of nitrogens with one attached hydrogen (secondary N) is 2. The van der Waals surface area contributed by atoms with Gasteiger partial charge in [0, 0.05) is 13.1 Å². The zero-order valence-corrected chi connectivity index (χ0v) is 13.9. The number of carbonyl (C=O) groups is 1. The Morgan fingerprint density at radius 3 is 2.30 bits per heavy atom. The first kappa shape index (κ1) is 21.5. The van der Waals surface area contributed by atoms with Crippen LogP contribution in [0.5, 0.6) is 0 Å². The molecule has 6 heteroatoms. The van der Waals surface area contributed by atoms with Gasteiger partial charge in [0.05, 0.1) is 0 Å². The van der Waals surface area contributed by atoms with Gasteiger partial charge in [-0.1, -0.05) is 37.3 Å². The first-order valence-corrected chi connectivity index (χ1v) is 6.38. The molecule has 2 N–H and O–H groups in total. The third-order valence-corrected chi connectivity index (χ3v) is 2.98. The van der Waals surface area contributed by atoms with E-state index in [2.05, 4.69) is 17.6 Å². The van der Waals surface area contributed by atoms with Crippen molar-refractivity contribution in [1.82, 2.24) is 15.5 Å². The van der Waals surface area contributed by atoms with Gasteiger partial charge < -0.3 is 10.6 Å². The van der Waals surface area contributed by atoms with E-state index >= 15 is 0 Å². The summed E-state index contributed by atoms with van der Waals surface area (Å²) in [6.45, 7) is 4.31. The summed E-state index contributed by atoms with van der Waals surface area (Å²) < 4.78 is 0. The molecule has 20 heavy (non-hydrogen) atoms. The summed E-state index contributed by atoms with van der Waals surface area (Å²) in [7, 11) is 3.84. The highest BCUT2D eigenvalue weighted by atomic mass is 35.5. The molecule has 0 fully saturated rings. The standard InChI is InChI=1S/C14H23N3O.2ClH/c1-4-17(3)13(12-8-6-5-7-9-12)14(18)16-11-10-15-2;;/h5-9,13,15H,4,10-11H2,1-3H3,(H,16,18);2*1H. The Morgan fingerprint density at radius 2 is 1.80 bits per heavy atom. The van der Waals surface area contributed by atoms with E-state index in [-0.39, 0.29) is 36.8 Å². The Morgan fingerprint density at radius 1 is 1.20 bits per heavy atom. The number of halogens is 2. The minimum atomic E-state index is -0.215. The summed E-state index contributed by atoms with van der Waals surface area (Å²) in [6.07, 6.45) is 0. The molecule has 0 aliphatic rings. The van der Waals surface area contributed by atoms with E-state index < -0.39 is 0 Å². The molecule has 1 unspecified atom stereocenters. The minimum Gasteiger partial charge on any atom is -0.353 e. The molecule has 4 nitrogen and oxygen atoms in total. The van der Waals surface area contributed by atoms with Crippen LogP contribution in [0.25, 0.3) is 0 Å². The van der Waals surface area contributed by atoms with Crippen molar-refractivity contribution in [3.8, 4) is 0 Å². The molecule has 0 aliphatic heterocycles. The molecule has 0 saturated carbocycles. The molecular formula is C14H25Cl2N3O. The van der Waals surface area contributed by atoms with E-state index in [1.165, 1.54) is 0 Å². The Kier molecular flexibility index (Phi) is 12.9. The van der Waals surface area contributed by atoms with Crippen LogP contribution >= 0.6 is 24.8 Å². The average molecular weight is 322 g/mol. The van der Waals surface area contributed by atoms with E-state index in [0.29, 0.717) is 6.54 Å². The number of likely N-dealkylation sites (N-methyl/N-ethyl adjacent to an activating group) is 2. The molecular weight excluding hydrogens is 297 g/mol. The van der Waals surface area contributed by atoms with E-state index in [0.717, 1.165) is 18.7 Å². The first-order valence-electron chi connectivity index (χ1n) is 6.38. The normalized spacial score (nSPS) is 11.2. The summed E-state index contributed by atoms with van der Waals surface area (Å²) in [4.78, 5) is 14.3. The minimum absolute atomic E-state index is 0. The number of benzene rings is 1. The Labute approximate surface area is 134 Å². The largest absolute Gasteiger partial charge is 0.353 e. The highest BCUT2D eigenvalue weighted by Gasteiger charge is 2.23. The number of nitrogens with zero attached hydrogens (tertiary/aromatic N) is 1. The maximum Gasteiger partial charge on any atom is 0.241 e. The predicted molar refractivity (Wildman–Crippen MR) is 88.9 cm³/mol. The number of amides is 1. The van der Waals surface area contributed by atoms with Gasteiger partial charge in [-0.2, -0.15) is 0 Å². The van der Waals surface area contributed by atoms with Crippen LogP contribution in [0, 0.1) is 0 Å². The fourth-order valence-corrected chi connectivity index (χ4v) is 1.83. The molecule has 0 heterocycles. The lowest BCUT2D eigenvalue weighted by Gasteiger charge is -2.26. The zero-order chi connectivity index (χ0) is 13.4. The van der Waals surface area contributed by atoms with Crippen molar-refractivity contribution in [2.24, 2.45) is 0 Å². The highest BCUT2D eigenvalue weighted by Crippen LogP contribution is 2.18. The molecule has 1 aromatic rings. The molecule has 1 rings (SSSR count). The lowest BCUT2D eigenvalue weighted by molar-refractivity contribution is -0.126. The maximum atomic E-state index is 12.2. The summed E-state index contributed by atoms with van der Waals surface area (Å²) in [5, 5.41) is 5.97. The van der Waals surface area contributed by atoms with E-state index in [4.69, 9.17) is 0 Å². The number of carbonyl (C=O) groups excluding carboxylic acids is 1. The Balaban J connectivity index is 0. The molecule has 0 aliphatic carbocycles. The van der Waals surface area contributed by atoms with Gasteiger partial charge in [-0.05, 0) is 26.2 Å². The third kappa shape index (κ3) is 6.57. The van der Waals surface area contributed by atoms with Crippen molar-refractivity contribution >= 4 is 30.7 Å². The van der Waals surface area contributed by atoms with Crippen LogP contribution in [0.15, 0.2) is 30.3 Å². The molecule has 0 aromatic heterocycles.